The van der Waals surface area contributed by atoms with Gasteiger partial charge < -0.3 is 4.90 Å². The largest absolute Gasteiger partial charge is 0.463 e. The Morgan fingerprint density at radius 2 is 1.84 bits per heavy atom. The maximum Gasteiger partial charge on any atom is 0.463 e. The van der Waals surface area contributed by atoms with Crippen molar-refractivity contribution in [2.45, 2.75) is 12.1 Å². The maximum atomic E-state index is 12.9. The summed E-state index contributed by atoms with van der Waals surface area (Å²) >= 11 is 0. The van der Waals surface area contributed by atoms with Crippen LogP contribution in [0.3, 0.4) is 0 Å². The monoisotopic (exact) mass is 278 g/mol. The first-order chi connectivity index (χ1) is 8.61. The molecule has 1 aromatic carbocycles. The second-order valence-corrected chi connectivity index (χ2v) is 3.60. The Labute approximate surface area is 104 Å². The van der Waals surface area contributed by atoms with Gasteiger partial charge in [-0.25, -0.2) is 0 Å². The summed E-state index contributed by atoms with van der Waals surface area (Å²) in [6.07, 6.45) is -5.97. The van der Waals surface area contributed by atoms with Crippen LogP contribution in [0.4, 0.5) is 27.6 Å². The first kappa shape index (κ1) is 14.9. The summed E-state index contributed by atoms with van der Waals surface area (Å²) in [6, 6.07) is 6.45. The Bertz CT molecular complexity index is 533. The van der Waals surface area contributed by atoms with Crippen molar-refractivity contribution in [3.05, 3.63) is 29.8 Å². The lowest BCUT2D eigenvalue weighted by atomic mass is 10.2. The Kier molecular flexibility index (Phi) is 3.79. The van der Waals surface area contributed by atoms with Gasteiger partial charge in [-0.2, -0.15) is 27.2 Å². The highest BCUT2D eigenvalue weighted by molar-refractivity contribution is 5.98. The zero-order valence-electron chi connectivity index (χ0n) is 9.50. The average Bonchev–Trinajstić information content (AvgIpc) is 2.35. The fraction of sp³-hybridized carbons (Fsp3) is 0.273. The highest BCUT2D eigenvalue weighted by Crippen LogP contribution is 2.37. The van der Waals surface area contributed by atoms with Crippen molar-refractivity contribution in [2.24, 2.45) is 0 Å². The number of rotatable bonds is 2. The molecule has 0 heterocycles. The van der Waals surface area contributed by atoms with Gasteiger partial charge in [0.2, 0.25) is 0 Å². The highest BCUT2D eigenvalue weighted by atomic mass is 19.4. The van der Waals surface area contributed by atoms with Gasteiger partial charge in [-0.05, 0) is 18.2 Å². The SMILES string of the molecule is CN(C(=O)C(F)(F)C(F)(F)F)c1cccc(C#N)c1. The third-order valence-corrected chi connectivity index (χ3v) is 2.29. The molecule has 0 aromatic heterocycles. The second-order valence-electron chi connectivity index (χ2n) is 3.60. The van der Waals surface area contributed by atoms with Crippen LogP contribution < -0.4 is 4.90 Å². The smallest absolute Gasteiger partial charge is 0.310 e. The number of alkyl halides is 5. The van der Waals surface area contributed by atoms with E-state index in [1.165, 1.54) is 12.1 Å². The lowest BCUT2D eigenvalue weighted by Crippen LogP contribution is -2.51. The second kappa shape index (κ2) is 4.84. The van der Waals surface area contributed by atoms with Gasteiger partial charge in [0.15, 0.2) is 0 Å². The topological polar surface area (TPSA) is 44.1 Å². The van der Waals surface area contributed by atoms with Crippen LogP contribution in [0.1, 0.15) is 5.56 Å². The van der Waals surface area contributed by atoms with Crippen molar-refractivity contribution in [3.63, 3.8) is 0 Å². The molecule has 1 rings (SSSR count). The number of hydrogen-bond donors (Lipinski definition) is 0. The molecule has 0 fully saturated rings. The normalized spacial score (nSPS) is 11.8. The summed E-state index contributed by atoms with van der Waals surface area (Å²) in [6.45, 7) is 0. The predicted molar refractivity (Wildman–Crippen MR) is 55.6 cm³/mol. The van der Waals surface area contributed by atoms with Crippen molar-refractivity contribution in [2.75, 3.05) is 11.9 Å². The van der Waals surface area contributed by atoms with E-state index in [2.05, 4.69) is 0 Å². The van der Waals surface area contributed by atoms with E-state index in [1.54, 1.807) is 6.07 Å². The molecule has 0 radical (unpaired) electrons. The van der Waals surface area contributed by atoms with Crippen LogP contribution in [-0.4, -0.2) is 25.1 Å². The molecule has 0 saturated carbocycles. The van der Waals surface area contributed by atoms with Gasteiger partial charge in [-0.1, -0.05) is 6.07 Å². The molecule has 19 heavy (non-hydrogen) atoms. The van der Waals surface area contributed by atoms with Crippen molar-refractivity contribution in [1.82, 2.24) is 0 Å². The van der Waals surface area contributed by atoms with E-state index in [4.69, 9.17) is 5.26 Å². The van der Waals surface area contributed by atoms with Crippen molar-refractivity contribution >= 4 is 11.6 Å². The summed E-state index contributed by atoms with van der Waals surface area (Å²) in [4.78, 5) is 11.3. The Balaban J connectivity index is 3.10. The molecular formula is C11H7F5N2O. The fourth-order valence-electron chi connectivity index (χ4n) is 1.23. The zero-order valence-corrected chi connectivity index (χ0v) is 9.50. The quantitative estimate of drug-likeness (QED) is 0.781. The number of anilines is 1. The van der Waals surface area contributed by atoms with Crippen LogP contribution in [0.2, 0.25) is 0 Å². The molecule has 1 aromatic rings. The molecule has 1 amide bonds. The van der Waals surface area contributed by atoms with Gasteiger partial charge in [0.1, 0.15) is 0 Å². The summed E-state index contributed by atoms with van der Waals surface area (Å²) < 4.78 is 61.9. The molecule has 0 aliphatic heterocycles. The average molecular weight is 278 g/mol. The minimum atomic E-state index is -5.97. The lowest BCUT2D eigenvalue weighted by Gasteiger charge is -2.24. The number of hydrogen-bond acceptors (Lipinski definition) is 2. The number of nitriles is 1. The van der Waals surface area contributed by atoms with Gasteiger partial charge >= 0.3 is 18.0 Å². The number of amides is 1. The fourth-order valence-corrected chi connectivity index (χ4v) is 1.23. The van der Waals surface area contributed by atoms with Gasteiger partial charge in [0.25, 0.3) is 0 Å². The van der Waals surface area contributed by atoms with Crippen LogP contribution >= 0.6 is 0 Å². The number of benzene rings is 1. The predicted octanol–water partition coefficient (Wildman–Crippen LogP) is 2.72. The van der Waals surface area contributed by atoms with Crippen molar-refractivity contribution in [1.29, 1.82) is 5.26 Å². The van der Waals surface area contributed by atoms with E-state index in [0.29, 0.717) is 0 Å². The molecule has 0 aliphatic rings. The third-order valence-electron chi connectivity index (χ3n) is 2.29. The first-order valence-electron chi connectivity index (χ1n) is 4.84. The summed E-state index contributed by atoms with van der Waals surface area (Å²) in [5.41, 5.74) is -0.194. The molecule has 0 atom stereocenters. The van der Waals surface area contributed by atoms with Crippen LogP contribution in [0.5, 0.6) is 0 Å². The number of carbonyl (C=O) groups is 1. The van der Waals surface area contributed by atoms with Crippen LogP contribution in [-0.2, 0) is 4.79 Å². The highest BCUT2D eigenvalue weighted by Gasteiger charge is 2.64. The summed E-state index contributed by atoms with van der Waals surface area (Å²) in [7, 11) is 0.776. The van der Waals surface area contributed by atoms with Crippen molar-refractivity contribution in [3.8, 4) is 6.07 Å². The van der Waals surface area contributed by atoms with Crippen molar-refractivity contribution < 1.29 is 26.7 Å². The molecule has 102 valence electrons. The minimum Gasteiger partial charge on any atom is -0.310 e. The number of carbonyl (C=O) groups excluding carboxylic acids is 1. The molecule has 0 saturated heterocycles. The first-order valence-corrected chi connectivity index (χ1v) is 4.84. The van der Waals surface area contributed by atoms with E-state index in [1.807, 2.05) is 0 Å². The minimum absolute atomic E-state index is 0.0347. The van der Waals surface area contributed by atoms with Gasteiger partial charge in [0, 0.05) is 12.7 Å². The van der Waals surface area contributed by atoms with Gasteiger partial charge in [-0.15, -0.1) is 0 Å². The van der Waals surface area contributed by atoms with Crippen LogP contribution in [0, 0.1) is 11.3 Å². The lowest BCUT2D eigenvalue weighted by molar-refractivity contribution is -0.268. The summed E-state index contributed by atoms with van der Waals surface area (Å²) in [5, 5.41) is 8.59. The summed E-state index contributed by atoms with van der Waals surface area (Å²) in [5.74, 6) is -7.89. The van der Waals surface area contributed by atoms with Gasteiger partial charge in [0.05, 0.1) is 11.6 Å². The maximum absolute atomic E-state index is 12.9. The van der Waals surface area contributed by atoms with E-state index < -0.39 is 18.0 Å². The van der Waals surface area contributed by atoms with Gasteiger partial charge in [-0.3, -0.25) is 4.79 Å². The standard InChI is InChI=1S/C11H7F5N2O/c1-18(8-4-2-3-7(5-8)6-17)9(19)10(12,13)11(14,15)16/h2-5H,1H3. The van der Waals surface area contributed by atoms with E-state index in [0.717, 1.165) is 19.2 Å². The molecule has 3 nitrogen and oxygen atoms in total. The Hall–Kier alpha value is -2.17. The molecule has 0 bridgehead atoms. The zero-order chi connectivity index (χ0) is 14.8. The van der Waals surface area contributed by atoms with Crippen LogP contribution in [0.25, 0.3) is 0 Å². The third kappa shape index (κ3) is 2.81. The Morgan fingerprint density at radius 3 is 2.32 bits per heavy atom. The molecule has 0 N–H and O–H groups in total. The molecular weight excluding hydrogens is 271 g/mol. The molecule has 0 spiro atoms. The number of halogens is 5. The van der Waals surface area contributed by atoms with E-state index >= 15 is 0 Å². The molecule has 0 aliphatic carbocycles. The van der Waals surface area contributed by atoms with E-state index in [9.17, 15) is 26.7 Å². The number of nitrogens with zero attached hydrogens (tertiary/aromatic N) is 2. The Morgan fingerprint density at radius 1 is 1.26 bits per heavy atom. The molecule has 8 heteroatoms. The van der Waals surface area contributed by atoms with E-state index in [-0.39, 0.29) is 16.2 Å². The van der Waals surface area contributed by atoms with Crippen LogP contribution in [0.15, 0.2) is 24.3 Å². The molecule has 0 unspecified atom stereocenters.